The molecule has 0 radical (unpaired) electrons. The third-order valence-electron chi connectivity index (χ3n) is 5.98. The molecule has 0 aliphatic heterocycles. The van der Waals surface area contributed by atoms with Gasteiger partial charge in [-0.15, -0.1) is 0 Å². The molecule has 0 spiro atoms. The molecule has 0 unspecified atom stereocenters. The van der Waals surface area contributed by atoms with Gasteiger partial charge in [0.05, 0.1) is 17.1 Å². The number of rotatable bonds is 3. The van der Waals surface area contributed by atoms with Crippen LogP contribution in [0.2, 0.25) is 0 Å². The summed E-state index contributed by atoms with van der Waals surface area (Å²) in [6.45, 7) is 26.4. The Labute approximate surface area is 187 Å². The molecule has 0 aliphatic carbocycles. The van der Waals surface area contributed by atoms with Gasteiger partial charge >= 0.3 is 0 Å². The fourth-order valence-corrected chi connectivity index (χ4v) is 4.52. The first-order valence-corrected chi connectivity index (χ1v) is 11.2. The van der Waals surface area contributed by atoms with Crippen molar-refractivity contribution in [1.29, 1.82) is 0 Å². The molecule has 31 heavy (non-hydrogen) atoms. The van der Waals surface area contributed by atoms with Crippen LogP contribution in [0.5, 0.6) is 0 Å². The average molecular weight is 422 g/mol. The lowest BCUT2D eigenvalue weighted by molar-refractivity contribution is 0.568. The zero-order chi connectivity index (χ0) is 23.5. The Morgan fingerprint density at radius 1 is 0.484 bits per heavy atom. The summed E-state index contributed by atoms with van der Waals surface area (Å²) in [6.07, 6.45) is 0. The Morgan fingerprint density at radius 3 is 0.903 bits per heavy atom. The number of aromatic nitrogens is 6. The third-order valence-corrected chi connectivity index (χ3v) is 5.98. The highest BCUT2D eigenvalue weighted by Gasteiger charge is 2.41. The first kappa shape index (κ1) is 23.4. The maximum atomic E-state index is 4.78. The molecule has 0 saturated heterocycles. The van der Waals surface area contributed by atoms with Crippen molar-refractivity contribution in [3.63, 3.8) is 0 Å². The number of aryl methyl sites for hydroxylation is 3. The number of hydrogen-bond donors (Lipinski definition) is 3. The summed E-state index contributed by atoms with van der Waals surface area (Å²) >= 11 is 0. The minimum absolute atomic E-state index is 0.0195. The number of nitrogens with zero attached hydrogens (tertiary/aromatic N) is 3. The van der Waals surface area contributed by atoms with Crippen molar-refractivity contribution >= 4 is 23.1 Å². The van der Waals surface area contributed by atoms with Gasteiger partial charge in [0.2, 0.25) is 0 Å². The summed E-state index contributed by atoms with van der Waals surface area (Å²) in [5, 5.41) is 24.2. The topological polar surface area (TPSA) is 86.0 Å². The quantitative estimate of drug-likeness (QED) is 0.567. The highest BCUT2D eigenvalue weighted by Crippen LogP contribution is 2.25. The molecule has 7 heteroatoms. The van der Waals surface area contributed by atoms with Crippen LogP contribution in [-0.2, 0) is 16.2 Å². The van der Waals surface area contributed by atoms with Crippen LogP contribution in [0.15, 0.2) is 0 Å². The molecule has 0 bridgehead atoms. The zero-order valence-corrected chi connectivity index (χ0v) is 21.4. The predicted octanol–water partition coefficient (Wildman–Crippen LogP) is 3.19. The maximum absolute atomic E-state index is 4.78. The highest BCUT2D eigenvalue weighted by atomic mass is 15.1. The van der Waals surface area contributed by atoms with E-state index in [9.17, 15) is 0 Å². The molecule has 3 rings (SSSR count). The molecule has 6 nitrogen and oxygen atoms in total. The Hall–Kier alpha value is -2.31. The second-order valence-corrected chi connectivity index (χ2v) is 12.0. The lowest BCUT2D eigenvalue weighted by Gasteiger charge is -2.28. The van der Waals surface area contributed by atoms with E-state index in [1.165, 1.54) is 16.4 Å². The van der Waals surface area contributed by atoms with Crippen molar-refractivity contribution in [2.24, 2.45) is 0 Å². The van der Waals surface area contributed by atoms with Crippen LogP contribution in [0.4, 0.5) is 0 Å². The average Bonchev–Trinajstić information content (AvgIpc) is 3.26. The van der Waals surface area contributed by atoms with E-state index in [-0.39, 0.29) is 23.0 Å². The standard InChI is InChI=1S/C24H39BN6/c1-13-16(19(29-26-13)22(4,5)6)25(17-14(2)27-30-20(17)23(7,8)9)18-15(3)28-31-21(18)24(10,11)12/h1-12H3,(H,26,29)(H,27,30)(H,28,31). The van der Waals surface area contributed by atoms with Crippen LogP contribution in [-0.4, -0.2) is 37.3 Å². The molecule has 0 atom stereocenters. The van der Waals surface area contributed by atoms with E-state index in [1.807, 2.05) is 0 Å². The van der Waals surface area contributed by atoms with Crippen LogP contribution < -0.4 is 16.4 Å². The molecule has 3 heterocycles. The van der Waals surface area contributed by atoms with Gasteiger partial charge < -0.3 is 0 Å². The first-order chi connectivity index (χ1) is 14.0. The maximum Gasteiger partial charge on any atom is 0.255 e. The zero-order valence-electron chi connectivity index (χ0n) is 21.4. The van der Waals surface area contributed by atoms with E-state index in [0.29, 0.717) is 0 Å². The van der Waals surface area contributed by atoms with Crippen LogP contribution in [0, 0.1) is 20.8 Å². The molecule has 0 amide bonds. The van der Waals surface area contributed by atoms with E-state index in [4.69, 9.17) is 15.3 Å². The minimum Gasteiger partial charge on any atom is -0.283 e. The van der Waals surface area contributed by atoms with Gasteiger partial charge in [0.1, 0.15) is 0 Å². The monoisotopic (exact) mass is 422 g/mol. The van der Waals surface area contributed by atoms with Gasteiger partial charge in [-0.1, -0.05) is 62.3 Å². The second kappa shape index (κ2) is 7.39. The fourth-order valence-electron chi connectivity index (χ4n) is 4.52. The summed E-state index contributed by atoms with van der Waals surface area (Å²) in [5.41, 5.74) is 9.96. The highest BCUT2D eigenvalue weighted by molar-refractivity contribution is 6.97. The summed E-state index contributed by atoms with van der Waals surface area (Å²) < 4.78 is 0. The number of aromatic amines is 3. The number of nitrogens with one attached hydrogen (secondary N) is 3. The largest absolute Gasteiger partial charge is 0.283 e. The summed E-state index contributed by atoms with van der Waals surface area (Å²) in [4.78, 5) is 0. The molecule has 3 aromatic heterocycles. The normalized spacial score (nSPS) is 13.2. The number of H-pyrrole nitrogens is 3. The van der Waals surface area contributed by atoms with Gasteiger partial charge in [-0.2, -0.15) is 15.3 Å². The van der Waals surface area contributed by atoms with Gasteiger partial charge in [-0.3, -0.25) is 15.3 Å². The molecule has 0 aliphatic rings. The van der Waals surface area contributed by atoms with Crippen molar-refractivity contribution in [3.05, 3.63) is 34.2 Å². The second-order valence-electron chi connectivity index (χ2n) is 12.0. The smallest absolute Gasteiger partial charge is 0.255 e. The Kier molecular flexibility index (Phi) is 5.57. The lowest BCUT2D eigenvalue weighted by Crippen LogP contribution is -2.59. The van der Waals surface area contributed by atoms with Gasteiger partial charge in [0, 0.05) is 33.3 Å². The van der Waals surface area contributed by atoms with Crippen LogP contribution >= 0.6 is 0 Å². The molecular formula is C24H39BN6. The third kappa shape index (κ3) is 4.11. The van der Waals surface area contributed by atoms with Crippen LogP contribution in [0.25, 0.3) is 0 Å². The molecule has 0 aromatic carbocycles. The van der Waals surface area contributed by atoms with Gasteiger partial charge in [-0.25, -0.2) is 0 Å². The Bertz CT molecular complexity index is 941. The van der Waals surface area contributed by atoms with E-state index in [2.05, 4.69) is 98.4 Å². The lowest BCUT2D eigenvalue weighted by atomic mass is 9.33. The van der Waals surface area contributed by atoms with Crippen molar-refractivity contribution in [3.8, 4) is 0 Å². The van der Waals surface area contributed by atoms with E-state index >= 15 is 0 Å². The predicted molar refractivity (Wildman–Crippen MR) is 131 cm³/mol. The van der Waals surface area contributed by atoms with Gasteiger partial charge in [0.25, 0.3) is 6.71 Å². The van der Waals surface area contributed by atoms with Crippen molar-refractivity contribution in [2.45, 2.75) is 99.3 Å². The molecule has 3 aromatic rings. The van der Waals surface area contributed by atoms with Crippen LogP contribution in [0.3, 0.4) is 0 Å². The van der Waals surface area contributed by atoms with E-state index in [1.54, 1.807) is 0 Å². The fraction of sp³-hybridized carbons (Fsp3) is 0.625. The van der Waals surface area contributed by atoms with Crippen molar-refractivity contribution in [1.82, 2.24) is 30.6 Å². The number of hydrogen-bond acceptors (Lipinski definition) is 3. The molecular weight excluding hydrogens is 383 g/mol. The van der Waals surface area contributed by atoms with Crippen molar-refractivity contribution in [2.75, 3.05) is 0 Å². The molecule has 0 fully saturated rings. The van der Waals surface area contributed by atoms with E-state index < -0.39 is 0 Å². The van der Waals surface area contributed by atoms with Crippen molar-refractivity contribution < 1.29 is 0 Å². The minimum atomic E-state index is -0.0998. The van der Waals surface area contributed by atoms with Gasteiger partial charge in [0.15, 0.2) is 0 Å². The molecule has 168 valence electrons. The van der Waals surface area contributed by atoms with E-state index in [0.717, 1.165) is 34.2 Å². The van der Waals surface area contributed by atoms with Crippen LogP contribution in [0.1, 0.15) is 96.5 Å². The SMILES string of the molecule is Cc1[nH]nc(C(C)(C)C)c1B(c1c(C(C)(C)C)n[nH]c1C)c1c(C(C)(C)C)n[nH]c1C. The molecule has 3 N–H and O–H groups in total. The Balaban J connectivity index is 2.49. The summed E-state index contributed by atoms with van der Waals surface area (Å²) in [7, 11) is 0. The summed E-state index contributed by atoms with van der Waals surface area (Å²) in [6, 6.07) is 0. The van der Waals surface area contributed by atoms with Gasteiger partial charge in [-0.05, 0) is 37.2 Å². The summed E-state index contributed by atoms with van der Waals surface area (Å²) in [5.74, 6) is 0. The Morgan fingerprint density at radius 2 is 0.710 bits per heavy atom. The first-order valence-electron chi connectivity index (χ1n) is 11.2. The molecule has 0 saturated carbocycles.